The number of benzene rings is 1. The van der Waals surface area contributed by atoms with E-state index in [0.717, 1.165) is 19.3 Å². The van der Waals surface area contributed by atoms with Crippen molar-refractivity contribution in [3.05, 3.63) is 56.2 Å². The number of nitrogens with two attached hydrogens (primary N) is 1. The smallest absolute Gasteiger partial charge is 0.0701 e. The van der Waals surface area contributed by atoms with Gasteiger partial charge < -0.3 is 5.73 Å². The molecule has 0 fully saturated rings. The maximum Gasteiger partial charge on any atom is 0.0701 e. The maximum atomic E-state index is 6.18. The molecule has 0 aliphatic rings. The molecule has 0 saturated carbocycles. The summed E-state index contributed by atoms with van der Waals surface area (Å²) in [7, 11) is 0. The average Bonchev–Trinajstić information content (AvgIpc) is 2.74. The van der Waals surface area contributed by atoms with Gasteiger partial charge in [-0.3, -0.25) is 0 Å². The zero-order chi connectivity index (χ0) is 13.0. The van der Waals surface area contributed by atoms with E-state index in [9.17, 15) is 0 Å². The number of halogens is 1. The fraction of sp³-hybridized carbons (Fsp3) is 0.333. The average molecular weight is 324 g/mol. The van der Waals surface area contributed by atoms with E-state index in [0.29, 0.717) is 0 Å². The Bertz CT molecular complexity index is 489. The first-order valence-corrected chi connectivity index (χ1v) is 7.80. The van der Waals surface area contributed by atoms with E-state index >= 15 is 0 Å². The van der Waals surface area contributed by atoms with Gasteiger partial charge in [-0.25, -0.2) is 0 Å². The molecule has 2 rings (SSSR count). The molecule has 1 aromatic heterocycles. The molecule has 18 heavy (non-hydrogen) atoms. The minimum Gasteiger partial charge on any atom is -0.327 e. The van der Waals surface area contributed by atoms with Gasteiger partial charge >= 0.3 is 0 Å². The fourth-order valence-electron chi connectivity index (χ4n) is 1.93. The number of aryl methyl sites for hydroxylation is 2. The molecule has 0 aliphatic heterocycles. The van der Waals surface area contributed by atoms with Crippen LogP contribution in [0.4, 0.5) is 0 Å². The predicted octanol–water partition coefficient (Wildman–Crippen LogP) is 4.32. The highest BCUT2D eigenvalue weighted by Gasteiger charge is 2.06. The van der Waals surface area contributed by atoms with Crippen molar-refractivity contribution >= 4 is 27.3 Å². The van der Waals surface area contributed by atoms with Crippen molar-refractivity contribution in [2.45, 2.75) is 32.2 Å². The molecule has 1 atom stereocenters. The third kappa shape index (κ3) is 4.23. The van der Waals surface area contributed by atoms with Crippen molar-refractivity contribution in [2.75, 3.05) is 0 Å². The van der Waals surface area contributed by atoms with Crippen LogP contribution in [0.1, 0.15) is 22.4 Å². The lowest BCUT2D eigenvalue weighted by molar-refractivity contribution is 0.615. The van der Waals surface area contributed by atoms with Crippen LogP contribution in [0.2, 0.25) is 0 Å². The molecular weight excluding hydrogens is 306 g/mol. The summed E-state index contributed by atoms with van der Waals surface area (Å²) in [6.45, 7) is 2.12. The highest BCUT2D eigenvalue weighted by atomic mass is 79.9. The topological polar surface area (TPSA) is 26.0 Å². The summed E-state index contributed by atoms with van der Waals surface area (Å²) in [4.78, 5) is 1.36. The van der Waals surface area contributed by atoms with Crippen LogP contribution in [0.3, 0.4) is 0 Å². The molecular formula is C15H18BrNS. The van der Waals surface area contributed by atoms with Crippen LogP contribution >= 0.6 is 27.3 Å². The summed E-state index contributed by atoms with van der Waals surface area (Å²) in [5.74, 6) is 0. The lowest BCUT2D eigenvalue weighted by Crippen LogP contribution is -2.23. The van der Waals surface area contributed by atoms with E-state index in [1.807, 2.05) is 0 Å². The van der Waals surface area contributed by atoms with Gasteiger partial charge in [0.2, 0.25) is 0 Å². The molecule has 3 heteroatoms. The Balaban J connectivity index is 1.81. The second-order valence-electron chi connectivity index (χ2n) is 4.69. The second-order valence-corrected chi connectivity index (χ2v) is 7.24. The number of hydrogen-bond donors (Lipinski definition) is 1. The van der Waals surface area contributed by atoms with Crippen LogP contribution in [0.25, 0.3) is 0 Å². The number of thiophene rings is 1. The molecule has 0 radical (unpaired) electrons. The van der Waals surface area contributed by atoms with Gasteiger partial charge in [0.25, 0.3) is 0 Å². The molecule has 0 saturated heterocycles. The molecule has 1 aromatic carbocycles. The molecule has 0 amide bonds. The minimum absolute atomic E-state index is 0.247. The predicted molar refractivity (Wildman–Crippen MR) is 83.2 cm³/mol. The third-order valence-electron chi connectivity index (χ3n) is 3.02. The van der Waals surface area contributed by atoms with Gasteiger partial charge in [0.05, 0.1) is 3.79 Å². The first-order valence-electron chi connectivity index (χ1n) is 6.19. The molecule has 1 heterocycles. The van der Waals surface area contributed by atoms with Gasteiger partial charge in [-0.05, 0) is 59.8 Å². The number of hydrogen-bond acceptors (Lipinski definition) is 2. The van der Waals surface area contributed by atoms with E-state index in [1.54, 1.807) is 11.3 Å². The van der Waals surface area contributed by atoms with Crippen LogP contribution in [-0.2, 0) is 12.8 Å². The lowest BCUT2D eigenvalue weighted by Gasteiger charge is -2.10. The summed E-state index contributed by atoms with van der Waals surface area (Å²) in [5.41, 5.74) is 8.87. The standard InChI is InChI=1S/C15H18BrNS/c1-11-2-4-12(5-3-11)6-7-13(17)10-14-8-9-15(16)18-14/h2-5,8-9,13H,6-7,10,17H2,1H3. The minimum atomic E-state index is 0.247. The lowest BCUT2D eigenvalue weighted by atomic mass is 10.0. The Morgan fingerprint density at radius 3 is 2.50 bits per heavy atom. The van der Waals surface area contributed by atoms with Crippen molar-refractivity contribution in [2.24, 2.45) is 5.73 Å². The Kier molecular flexibility index (Phi) is 4.98. The van der Waals surface area contributed by atoms with Crippen molar-refractivity contribution in [3.8, 4) is 0 Å². The zero-order valence-electron chi connectivity index (χ0n) is 10.5. The van der Waals surface area contributed by atoms with Gasteiger partial charge in [-0.1, -0.05) is 29.8 Å². The van der Waals surface area contributed by atoms with E-state index in [-0.39, 0.29) is 6.04 Å². The summed E-state index contributed by atoms with van der Waals surface area (Å²) in [5, 5.41) is 0. The monoisotopic (exact) mass is 323 g/mol. The summed E-state index contributed by atoms with van der Waals surface area (Å²) in [6.07, 6.45) is 3.08. The molecule has 0 spiro atoms. The summed E-state index contributed by atoms with van der Waals surface area (Å²) >= 11 is 5.26. The van der Waals surface area contributed by atoms with Crippen molar-refractivity contribution < 1.29 is 0 Å². The molecule has 2 N–H and O–H groups in total. The van der Waals surface area contributed by atoms with Crippen LogP contribution in [0.5, 0.6) is 0 Å². The Morgan fingerprint density at radius 1 is 1.17 bits per heavy atom. The van der Waals surface area contributed by atoms with Crippen molar-refractivity contribution in [3.63, 3.8) is 0 Å². The van der Waals surface area contributed by atoms with Crippen LogP contribution < -0.4 is 5.73 Å². The van der Waals surface area contributed by atoms with Gasteiger partial charge in [0, 0.05) is 10.9 Å². The van der Waals surface area contributed by atoms with E-state index < -0.39 is 0 Å². The zero-order valence-corrected chi connectivity index (χ0v) is 12.9. The fourth-order valence-corrected chi connectivity index (χ4v) is 3.50. The van der Waals surface area contributed by atoms with Crippen LogP contribution in [0.15, 0.2) is 40.2 Å². The van der Waals surface area contributed by atoms with E-state index in [4.69, 9.17) is 5.73 Å². The third-order valence-corrected chi connectivity index (χ3v) is 4.66. The van der Waals surface area contributed by atoms with Gasteiger partial charge in [0.1, 0.15) is 0 Å². The van der Waals surface area contributed by atoms with Crippen LogP contribution in [0, 0.1) is 6.92 Å². The largest absolute Gasteiger partial charge is 0.327 e. The van der Waals surface area contributed by atoms with Gasteiger partial charge in [0.15, 0.2) is 0 Å². The highest BCUT2D eigenvalue weighted by Crippen LogP contribution is 2.23. The molecule has 1 nitrogen and oxygen atoms in total. The van der Waals surface area contributed by atoms with Crippen molar-refractivity contribution in [1.82, 2.24) is 0 Å². The van der Waals surface area contributed by atoms with E-state index in [1.165, 1.54) is 19.8 Å². The van der Waals surface area contributed by atoms with E-state index in [2.05, 4.69) is 59.3 Å². The first kappa shape index (κ1) is 13.8. The molecule has 96 valence electrons. The van der Waals surface area contributed by atoms with Gasteiger partial charge in [-0.2, -0.15) is 0 Å². The Labute approximate surface area is 121 Å². The maximum absolute atomic E-state index is 6.18. The first-order chi connectivity index (χ1) is 8.63. The van der Waals surface area contributed by atoms with Gasteiger partial charge in [-0.15, -0.1) is 11.3 Å². The number of rotatable bonds is 5. The Hall–Kier alpha value is -0.640. The second kappa shape index (κ2) is 6.50. The summed E-state index contributed by atoms with van der Waals surface area (Å²) < 4.78 is 1.18. The molecule has 1 unspecified atom stereocenters. The quantitative estimate of drug-likeness (QED) is 0.871. The normalized spacial score (nSPS) is 12.6. The SMILES string of the molecule is Cc1ccc(CCC(N)Cc2ccc(Br)s2)cc1. The summed E-state index contributed by atoms with van der Waals surface area (Å²) in [6, 6.07) is 13.2. The van der Waals surface area contributed by atoms with Crippen molar-refractivity contribution in [1.29, 1.82) is 0 Å². The highest BCUT2D eigenvalue weighted by molar-refractivity contribution is 9.11. The molecule has 0 aliphatic carbocycles. The Morgan fingerprint density at radius 2 is 1.89 bits per heavy atom. The molecule has 2 aromatic rings. The van der Waals surface area contributed by atoms with Crippen LogP contribution in [-0.4, -0.2) is 6.04 Å². The molecule has 0 bridgehead atoms.